The Hall–Kier alpha value is -3.09. The van der Waals surface area contributed by atoms with Crippen LogP contribution in [-0.2, 0) is 0 Å². The van der Waals surface area contributed by atoms with Gasteiger partial charge in [-0.2, -0.15) is 0 Å². The number of rotatable bonds is 5. The van der Waals surface area contributed by atoms with Crippen molar-refractivity contribution in [3.63, 3.8) is 0 Å². The normalized spacial score (nSPS) is 11.9. The van der Waals surface area contributed by atoms with Crippen molar-refractivity contribution >= 4 is 5.91 Å². The van der Waals surface area contributed by atoms with Gasteiger partial charge in [0.25, 0.3) is 5.91 Å². The van der Waals surface area contributed by atoms with Gasteiger partial charge in [0, 0.05) is 12.1 Å². The summed E-state index contributed by atoms with van der Waals surface area (Å²) in [6.45, 7) is 2.44. The third kappa shape index (κ3) is 3.62. The maximum atomic E-state index is 13.0. The average Bonchev–Trinajstić information content (AvgIpc) is 3.15. The van der Waals surface area contributed by atoms with Crippen molar-refractivity contribution in [2.45, 2.75) is 12.8 Å². The molecule has 1 aromatic heterocycles. The number of hydrogen-bond donors (Lipinski definition) is 1. The van der Waals surface area contributed by atoms with Crippen LogP contribution in [0.15, 0.2) is 54.9 Å². The molecule has 3 rings (SSSR count). The van der Waals surface area contributed by atoms with Crippen LogP contribution in [0.25, 0.3) is 5.69 Å². The zero-order chi connectivity index (χ0) is 16.9. The number of nitrogens with zero attached hydrogens (tertiary/aromatic N) is 4. The first-order chi connectivity index (χ1) is 11.6. The Labute approximate surface area is 138 Å². The molecule has 24 heavy (non-hydrogen) atoms. The minimum atomic E-state index is -0.269. The molecule has 6 nitrogen and oxygen atoms in total. The van der Waals surface area contributed by atoms with Crippen LogP contribution < -0.4 is 5.32 Å². The maximum Gasteiger partial charge on any atom is 0.251 e. The van der Waals surface area contributed by atoms with Crippen LogP contribution in [0.2, 0.25) is 0 Å². The first-order valence-corrected chi connectivity index (χ1v) is 7.50. The number of halogens is 1. The molecule has 1 atom stereocenters. The van der Waals surface area contributed by atoms with E-state index in [1.165, 1.54) is 23.1 Å². The minimum Gasteiger partial charge on any atom is -0.351 e. The molecule has 0 saturated carbocycles. The minimum absolute atomic E-state index is 0.0808. The van der Waals surface area contributed by atoms with Gasteiger partial charge in [0.1, 0.15) is 12.1 Å². The molecule has 7 heteroatoms. The van der Waals surface area contributed by atoms with Crippen molar-refractivity contribution in [2.24, 2.45) is 0 Å². The van der Waals surface area contributed by atoms with Crippen molar-refractivity contribution in [2.75, 3.05) is 6.54 Å². The summed E-state index contributed by atoms with van der Waals surface area (Å²) in [7, 11) is 0. The summed E-state index contributed by atoms with van der Waals surface area (Å²) in [5, 5.41) is 13.8. The molecule has 1 amide bonds. The third-order valence-corrected chi connectivity index (χ3v) is 3.73. The first kappa shape index (κ1) is 15.8. The Balaban J connectivity index is 1.65. The Morgan fingerprint density at radius 3 is 2.75 bits per heavy atom. The molecule has 0 spiro atoms. The lowest BCUT2D eigenvalue weighted by atomic mass is 10.0. The van der Waals surface area contributed by atoms with E-state index in [0.717, 1.165) is 5.56 Å². The molecule has 1 heterocycles. The number of benzene rings is 2. The summed E-state index contributed by atoms with van der Waals surface area (Å²) in [5.74, 6) is -0.370. The molecule has 0 saturated heterocycles. The number of amides is 1. The Morgan fingerprint density at radius 1 is 1.25 bits per heavy atom. The van der Waals surface area contributed by atoms with Gasteiger partial charge in [0.2, 0.25) is 0 Å². The van der Waals surface area contributed by atoms with Crippen molar-refractivity contribution < 1.29 is 9.18 Å². The maximum absolute atomic E-state index is 13.0. The van der Waals surface area contributed by atoms with Gasteiger partial charge in [0.15, 0.2) is 0 Å². The quantitative estimate of drug-likeness (QED) is 0.781. The summed E-state index contributed by atoms with van der Waals surface area (Å²) in [4.78, 5) is 12.3. The van der Waals surface area contributed by atoms with E-state index < -0.39 is 0 Å². The molecule has 1 unspecified atom stereocenters. The van der Waals surface area contributed by atoms with E-state index in [2.05, 4.69) is 20.8 Å². The van der Waals surface area contributed by atoms with Crippen molar-refractivity contribution in [3.05, 3.63) is 71.8 Å². The van der Waals surface area contributed by atoms with Crippen LogP contribution in [0.5, 0.6) is 0 Å². The van der Waals surface area contributed by atoms with E-state index >= 15 is 0 Å². The Bertz CT molecular complexity index is 817. The smallest absolute Gasteiger partial charge is 0.251 e. The number of carbonyl (C=O) groups excluding carboxylic acids is 1. The summed E-state index contributed by atoms with van der Waals surface area (Å²) in [5.41, 5.74) is 2.20. The number of aromatic nitrogens is 4. The van der Waals surface area contributed by atoms with Gasteiger partial charge >= 0.3 is 0 Å². The summed E-state index contributed by atoms with van der Waals surface area (Å²) >= 11 is 0. The van der Waals surface area contributed by atoms with Crippen LogP contribution in [0.4, 0.5) is 4.39 Å². The second kappa shape index (κ2) is 6.99. The average molecular weight is 325 g/mol. The lowest BCUT2D eigenvalue weighted by Crippen LogP contribution is -2.27. The van der Waals surface area contributed by atoms with Gasteiger partial charge in [-0.15, -0.1) is 5.10 Å². The van der Waals surface area contributed by atoms with Gasteiger partial charge in [-0.25, -0.2) is 9.07 Å². The highest BCUT2D eigenvalue weighted by atomic mass is 19.1. The zero-order valence-electron chi connectivity index (χ0n) is 13.1. The predicted molar refractivity (Wildman–Crippen MR) is 86.3 cm³/mol. The van der Waals surface area contributed by atoms with Gasteiger partial charge in [-0.05, 0) is 52.2 Å². The van der Waals surface area contributed by atoms with Gasteiger partial charge in [-0.1, -0.05) is 25.1 Å². The van der Waals surface area contributed by atoms with Crippen molar-refractivity contribution in [3.8, 4) is 5.69 Å². The lowest BCUT2D eigenvalue weighted by molar-refractivity contribution is 0.0951. The summed E-state index contributed by atoms with van der Waals surface area (Å²) in [6.07, 6.45) is 1.47. The highest BCUT2D eigenvalue weighted by Crippen LogP contribution is 2.15. The van der Waals surface area contributed by atoms with E-state index in [4.69, 9.17) is 0 Å². The molecule has 3 aromatic rings. The molecular weight excluding hydrogens is 309 g/mol. The fourth-order valence-electron chi connectivity index (χ4n) is 2.33. The number of nitrogens with one attached hydrogen (secondary N) is 1. The van der Waals surface area contributed by atoms with Gasteiger partial charge in [0.05, 0.1) is 5.69 Å². The second-order valence-electron chi connectivity index (χ2n) is 5.47. The SMILES string of the molecule is CC(CNC(=O)c1cccc(-n2cnnn2)c1)c1ccc(F)cc1. The highest BCUT2D eigenvalue weighted by Gasteiger charge is 2.11. The molecule has 1 N–H and O–H groups in total. The molecule has 0 bridgehead atoms. The molecular formula is C17H16FN5O. The zero-order valence-corrected chi connectivity index (χ0v) is 13.1. The van der Waals surface area contributed by atoms with E-state index in [-0.39, 0.29) is 17.6 Å². The van der Waals surface area contributed by atoms with E-state index in [1.54, 1.807) is 30.3 Å². The van der Waals surface area contributed by atoms with Crippen LogP contribution in [0, 0.1) is 5.82 Å². The number of tetrazole rings is 1. The van der Waals surface area contributed by atoms with E-state index in [9.17, 15) is 9.18 Å². The predicted octanol–water partition coefficient (Wildman–Crippen LogP) is 2.33. The fourth-order valence-corrected chi connectivity index (χ4v) is 2.33. The van der Waals surface area contributed by atoms with Crippen molar-refractivity contribution in [1.82, 2.24) is 25.5 Å². The number of carbonyl (C=O) groups is 1. The summed E-state index contributed by atoms with van der Waals surface area (Å²) < 4.78 is 14.4. The molecule has 0 radical (unpaired) electrons. The Kier molecular flexibility index (Phi) is 4.60. The topological polar surface area (TPSA) is 72.7 Å². The van der Waals surface area contributed by atoms with E-state index in [0.29, 0.717) is 17.8 Å². The van der Waals surface area contributed by atoms with Crippen LogP contribution >= 0.6 is 0 Å². The van der Waals surface area contributed by atoms with Crippen molar-refractivity contribution in [1.29, 1.82) is 0 Å². The Morgan fingerprint density at radius 2 is 2.04 bits per heavy atom. The number of hydrogen-bond acceptors (Lipinski definition) is 4. The van der Waals surface area contributed by atoms with Crippen LogP contribution in [-0.4, -0.2) is 32.7 Å². The molecule has 122 valence electrons. The first-order valence-electron chi connectivity index (χ1n) is 7.50. The molecule has 0 aliphatic heterocycles. The van der Waals surface area contributed by atoms with Gasteiger partial charge in [-0.3, -0.25) is 4.79 Å². The molecule has 2 aromatic carbocycles. The van der Waals surface area contributed by atoms with Crippen LogP contribution in [0.1, 0.15) is 28.8 Å². The van der Waals surface area contributed by atoms with E-state index in [1.807, 2.05) is 13.0 Å². The van der Waals surface area contributed by atoms with Gasteiger partial charge < -0.3 is 5.32 Å². The third-order valence-electron chi connectivity index (χ3n) is 3.73. The highest BCUT2D eigenvalue weighted by molar-refractivity contribution is 5.94. The lowest BCUT2D eigenvalue weighted by Gasteiger charge is -2.13. The fraction of sp³-hybridized carbons (Fsp3) is 0.176. The summed E-state index contributed by atoms with van der Waals surface area (Å²) in [6, 6.07) is 13.3. The second-order valence-corrected chi connectivity index (χ2v) is 5.47. The largest absolute Gasteiger partial charge is 0.351 e. The molecule has 0 aliphatic carbocycles. The molecule has 0 aliphatic rings. The standard InChI is InChI=1S/C17H16FN5O/c1-12(13-5-7-15(18)8-6-13)10-19-17(24)14-3-2-4-16(9-14)23-11-20-21-22-23/h2-9,11-12H,10H2,1H3,(H,19,24). The monoisotopic (exact) mass is 325 g/mol. The van der Waals surface area contributed by atoms with Crippen LogP contribution in [0.3, 0.4) is 0 Å². The molecule has 0 fully saturated rings.